The molecule has 2 rings (SSSR count). The van der Waals surface area contributed by atoms with Crippen LogP contribution < -0.4 is 14.2 Å². The second-order valence-corrected chi connectivity index (χ2v) is 5.55. The van der Waals surface area contributed by atoms with Gasteiger partial charge in [0.15, 0.2) is 11.5 Å². The third kappa shape index (κ3) is 3.82. The molecule has 0 heterocycles. The number of halogens is 1. The van der Waals surface area contributed by atoms with Crippen LogP contribution >= 0.6 is 15.9 Å². The highest BCUT2D eigenvalue weighted by molar-refractivity contribution is 9.09. The Bertz CT molecular complexity index is 584. The lowest BCUT2D eigenvalue weighted by atomic mass is 10.1. The number of methoxy groups -OCH3 is 2. The molecule has 0 aliphatic carbocycles. The van der Waals surface area contributed by atoms with Gasteiger partial charge in [-0.1, -0.05) is 40.2 Å². The van der Waals surface area contributed by atoms with Crippen LogP contribution in [0.4, 0.5) is 0 Å². The van der Waals surface area contributed by atoms with Crippen LogP contribution in [0.2, 0.25) is 0 Å². The summed E-state index contributed by atoms with van der Waals surface area (Å²) in [4.78, 5) is 0. The van der Waals surface area contributed by atoms with Gasteiger partial charge in [-0.2, -0.15) is 0 Å². The third-order valence-electron chi connectivity index (χ3n) is 3.38. The molecule has 2 aromatic carbocycles. The summed E-state index contributed by atoms with van der Waals surface area (Å²) in [5.41, 5.74) is 0. The Morgan fingerprint density at radius 3 is 2.33 bits per heavy atom. The lowest BCUT2D eigenvalue weighted by molar-refractivity contribution is 0.305. The largest absolute Gasteiger partial charge is 0.493 e. The minimum atomic E-state index is 0.701. The molecule has 0 unspecified atom stereocenters. The van der Waals surface area contributed by atoms with Crippen molar-refractivity contribution in [1.82, 2.24) is 0 Å². The van der Waals surface area contributed by atoms with Gasteiger partial charge < -0.3 is 14.2 Å². The van der Waals surface area contributed by atoms with Crippen molar-refractivity contribution in [3.63, 3.8) is 0 Å². The average molecular weight is 353 g/mol. The third-order valence-corrected chi connectivity index (χ3v) is 3.94. The van der Waals surface area contributed by atoms with Crippen molar-refractivity contribution in [2.45, 2.75) is 19.3 Å². The normalized spacial score (nSPS) is 10.6. The van der Waals surface area contributed by atoms with Crippen LogP contribution in [0.5, 0.6) is 17.2 Å². The molecule has 0 amide bonds. The maximum absolute atomic E-state index is 5.96. The Morgan fingerprint density at radius 2 is 1.67 bits per heavy atom. The summed E-state index contributed by atoms with van der Waals surface area (Å²) >= 11 is 3.44. The van der Waals surface area contributed by atoms with Gasteiger partial charge in [-0.3, -0.25) is 0 Å². The fraction of sp³-hybridized carbons (Fsp3) is 0.412. The Hall–Kier alpha value is -1.42. The molecule has 0 aliphatic heterocycles. The SMILES string of the molecule is COc1cc(OCCCCCBr)c2ccccc2c1OC. The van der Waals surface area contributed by atoms with E-state index in [0.717, 1.165) is 40.4 Å². The van der Waals surface area contributed by atoms with Crippen molar-refractivity contribution >= 4 is 26.7 Å². The van der Waals surface area contributed by atoms with Crippen molar-refractivity contribution in [3.05, 3.63) is 30.3 Å². The van der Waals surface area contributed by atoms with E-state index in [1.165, 1.54) is 6.42 Å². The van der Waals surface area contributed by atoms with Crippen LogP contribution in [-0.4, -0.2) is 26.2 Å². The molecule has 114 valence electrons. The van der Waals surface area contributed by atoms with Gasteiger partial charge >= 0.3 is 0 Å². The minimum Gasteiger partial charge on any atom is -0.493 e. The van der Waals surface area contributed by atoms with E-state index in [4.69, 9.17) is 14.2 Å². The van der Waals surface area contributed by atoms with Gasteiger partial charge in [0.05, 0.1) is 20.8 Å². The molecule has 0 saturated heterocycles. The minimum absolute atomic E-state index is 0.701. The summed E-state index contributed by atoms with van der Waals surface area (Å²) in [7, 11) is 3.30. The van der Waals surface area contributed by atoms with Crippen LogP contribution in [0.15, 0.2) is 30.3 Å². The molecule has 0 aromatic heterocycles. The first kappa shape index (κ1) is 16.0. The van der Waals surface area contributed by atoms with E-state index in [1.807, 2.05) is 30.3 Å². The fourth-order valence-corrected chi connectivity index (χ4v) is 2.72. The summed E-state index contributed by atoms with van der Waals surface area (Å²) in [5, 5.41) is 3.11. The zero-order valence-corrected chi connectivity index (χ0v) is 14.1. The average Bonchev–Trinajstić information content (AvgIpc) is 2.53. The number of unbranched alkanes of at least 4 members (excludes halogenated alkanes) is 2. The number of alkyl halides is 1. The van der Waals surface area contributed by atoms with Crippen molar-refractivity contribution in [2.24, 2.45) is 0 Å². The van der Waals surface area contributed by atoms with Gasteiger partial charge in [0.1, 0.15) is 5.75 Å². The summed E-state index contributed by atoms with van der Waals surface area (Å²) < 4.78 is 16.9. The summed E-state index contributed by atoms with van der Waals surface area (Å²) in [5.74, 6) is 2.30. The quantitative estimate of drug-likeness (QED) is 0.504. The van der Waals surface area contributed by atoms with E-state index in [2.05, 4.69) is 15.9 Å². The second kappa shape index (κ2) is 8.13. The first-order chi connectivity index (χ1) is 10.3. The molecular formula is C17H21BrO3. The molecule has 21 heavy (non-hydrogen) atoms. The lowest BCUT2D eigenvalue weighted by Gasteiger charge is -2.15. The van der Waals surface area contributed by atoms with Crippen molar-refractivity contribution in [3.8, 4) is 17.2 Å². The fourth-order valence-electron chi connectivity index (χ4n) is 2.33. The van der Waals surface area contributed by atoms with E-state index >= 15 is 0 Å². The van der Waals surface area contributed by atoms with Gasteiger partial charge in [0, 0.05) is 22.2 Å². The summed E-state index contributed by atoms with van der Waals surface area (Å²) in [6, 6.07) is 9.97. The van der Waals surface area contributed by atoms with E-state index in [-0.39, 0.29) is 0 Å². The molecule has 0 spiro atoms. The number of ether oxygens (including phenoxy) is 3. The van der Waals surface area contributed by atoms with Crippen LogP contribution in [0.3, 0.4) is 0 Å². The molecule has 0 N–H and O–H groups in total. The number of benzene rings is 2. The first-order valence-corrected chi connectivity index (χ1v) is 8.26. The van der Waals surface area contributed by atoms with E-state index < -0.39 is 0 Å². The molecule has 0 fully saturated rings. The smallest absolute Gasteiger partial charge is 0.168 e. The van der Waals surface area contributed by atoms with Crippen LogP contribution in [0.25, 0.3) is 10.8 Å². The number of hydrogen-bond acceptors (Lipinski definition) is 3. The lowest BCUT2D eigenvalue weighted by Crippen LogP contribution is -2.00. The van der Waals surface area contributed by atoms with Gasteiger partial charge in [-0.25, -0.2) is 0 Å². The zero-order chi connectivity index (χ0) is 15.1. The predicted molar refractivity (Wildman–Crippen MR) is 90.2 cm³/mol. The Kier molecular flexibility index (Phi) is 6.18. The number of rotatable bonds is 8. The molecule has 2 aromatic rings. The van der Waals surface area contributed by atoms with Gasteiger partial charge in [-0.15, -0.1) is 0 Å². The highest BCUT2D eigenvalue weighted by atomic mass is 79.9. The van der Waals surface area contributed by atoms with Gasteiger partial charge in [-0.05, 0) is 19.3 Å². The molecule has 0 bridgehead atoms. The van der Waals surface area contributed by atoms with Crippen molar-refractivity contribution in [1.29, 1.82) is 0 Å². The molecule has 0 saturated carbocycles. The van der Waals surface area contributed by atoms with Gasteiger partial charge in [0.2, 0.25) is 0 Å². The number of hydrogen-bond donors (Lipinski definition) is 0. The van der Waals surface area contributed by atoms with E-state index in [0.29, 0.717) is 12.4 Å². The molecular weight excluding hydrogens is 332 g/mol. The standard InChI is InChI=1S/C17H21BrO3/c1-19-16-12-15(21-11-7-3-6-10-18)13-8-4-5-9-14(13)17(16)20-2/h4-5,8-9,12H,3,6-7,10-11H2,1-2H3. The van der Waals surface area contributed by atoms with E-state index in [9.17, 15) is 0 Å². The molecule has 0 radical (unpaired) electrons. The second-order valence-electron chi connectivity index (χ2n) is 4.75. The molecule has 3 nitrogen and oxygen atoms in total. The first-order valence-electron chi connectivity index (χ1n) is 7.14. The predicted octanol–water partition coefficient (Wildman–Crippen LogP) is 4.80. The van der Waals surface area contributed by atoms with Crippen LogP contribution in [0, 0.1) is 0 Å². The Balaban J connectivity index is 2.26. The van der Waals surface area contributed by atoms with Gasteiger partial charge in [0.25, 0.3) is 0 Å². The number of fused-ring (bicyclic) bond motifs is 1. The summed E-state index contributed by atoms with van der Waals surface area (Å²) in [6.07, 6.45) is 3.39. The Labute approximate surface area is 134 Å². The zero-order valence-electron chi connectivity index (χ0n) is 12.5. The molecule has 0 aliphatic rings. The van der Waals surface area contributed by atoms with Crippen LogP contribution in [0.1, 0.15) is 19.3 Å². The van der Waals surface area contributed by atoms with E-state index in [1.54, 1.807) is 14.2 Å². The van der Waals surface area contributed by atoms with Crippen molar-refractivity contribution < 1.29 is 14.2 Å². The maximum Gasteiger partial charge on any atom is 0.168 e. The van der Waals surface area contributed by atoms with Crippen LogP contribution in [-0.2, 0) is 0 Å². The molecule has 4 heteroatoms. The summed E-state index contributed by atoms with van der Waals surface area (Å²) in [6.45, 7) is 0.715. The highest BCUT2D eigenvalue weighted by Crippen LogP contribution is 2.41. The molecule has 0 atom stereocenters. The van der Waals surface area contributed by atoms with Crippen molar-refractivity contribution in [2.75, 3.05) is 26.2 Å². The topological polar surface area (TPSA) is 27.7 Å². The Morgan fingerprint density at radius 1 is 0.905 bits per heavy atom. The monoisotopic (exact) mass is 352 g/mol. The highest BCUT2D eigenvalue weighted by Gasteiger charge is 2.13. The maximum atomic E-state index is 5.96.